The summed E-state index contributed by atoms with van der Waals surface area (Å²) in [7, 11) is 0. The third-order valence-electron chi connectivity index (χ3n) is 2.38. The normalized spacial score (nSPS) is 19.5. The van der Waals surface area contributed by atoms with Crippen LogP contribution in [0, 0.1) is 5.41 Å². The molecule has 1 N–H and O–H groups in total. The number of carbonyl (C=O) groups is 1. The van der Waals surface area contributed by atoms with Crippen LogP contribution in [0.25, 0.3) is 0 Å². The Morgan fingerprint density at radius 3 is 2.64 bits per heavy atom. The molecule has 1 rings (SSSR count). The molecule has 0 spiro atoms. The summed E-state index contributed by atoms with van der Waals surface area (Å²) in [6, 6.07) is 0. The van der Waals surface area contributed by atoms with Gasteiger partial charge in [-0.2, -0.15) is 5.26 Å². The average Bonchev–Trinajstić information content (AvgIpc) is 2.80. The van der Waals surface area contributed by atoms with Crippen LogP contribution in [0.2, 0.25) is 0 Å². The molecule has 0 atom stereocenters. The van der Waals surface area contributed by atoms with E-state index in [0.29, 0.717) is 0 Å². The average molecular weight is 158 g/mol. The van der Waals surface area contributed by atoms with Gasteiger partial charge in [0.25, 0.3) is 0 Å². The van der Waals surface area contributed by atoms with Crippen LogP contribution in [0.1, 0.15) is 39.0 Å². The number of hydrogen-bond donors (Lipinski definition) is 1. The second kappa shape index (κ2) is 3.22. The molecule has 0 radical (unpaired) electrons. The summed E-state index contributed by atoms with van der Waals surface area (Å²) >= 11 is 0. The summed E-state index contributed by atoms with van der Waals surface area (Å²) in [5.41, 5.74) is -0.301. The van der Waals surface area contributed by atoms with Gasteiger partial charge >= 0.3 is 5.97 Å². The molecule has 1 fully saturated rings. The Hall–Kier alpha value is -0.570. The van der Waals surface area contributed by atoms with Gasteiger partial charge in [0, 0.05) is 0 Å². The zero-order valence-corrected chi connectivity index (χ0v) is 6.80. The second-order valence-electron chi connectivity index (χ2n) is 3.26. The Morgan fingerprint density at radius 2 is 2.27 bits per heavy atom. The van der Waals surface area contributed by atoms with E-state index in [9.17, 15) is 4.79 Å². The van der Waals surface area contributed by atoms with Crippen molar-refractivity contribution in [1.82, 2.24) is 0 Å². The molecule has 3 heteroatoms. The number of unbranched alkanes of at least 4 members (excludes halogenated alkanes) is 1. The lowest BCUT2D eigenvalue weighted by Gasteiger charge is -2.08. The van der Waals surface area contributed by atoms with Crippen LogP contribution in [-0.4, -0.2) is 11.2 Å². The maximum absolute atomic E-state index is 10.9. The summed E-state index contributed by atoms with van der Waals surface area (Å²) in [4.78, 5) is 14.7. The Labute approximate surface area is 66.3 Å². The molecule has 3 nitrogen and oxygen atoms in total. The summed E-state index contributed by atoms with van der Waals surface area (Å²) < 4.78 is 0. The van der Waals surface area contributed by atoms with Crippen molar-refractivity contribution in [1.29, 1.82) is 0 Å². The van der Waals surface area contributed by atoms with Crippen molar-refractivity contribution in [3.63, 3.8) is 0 Å². The molecule has 11 heavy (non-hydrogen) atoms. The molecule has 0 aromatic carbocycles. The van der Waals surface area contributed by atoms with Gasteiger partial charge < -0.3 is 4.89 Å². The van der Waals surface area contributed by atoms with Crippen LogP contribution in [0.15, 0.2) is 0 Å². The van der Waals surface area contributed by atoms with Gasteiger partial charge in [-0.15, -0.1) is 0 Å². The third kappa shape index (κ3) is 1.71. The highest BCUT2D eigenvalue weighted by Crippen LogP contribution is 2.50. The SMILES string of the molecule is CCCCC1(C(=O)OO)CC1. The van der Waals surface area contributed by atoms with Gasteiger partial charge in [0.1, 0.15) is 0 Å². The first kappa shape index (κ1) is 8.53. The molecule has 0 saturated heterocycles. The molecular formula is C8H14O3. The minimum Gasteiger partial charge on any atom is -0.300 e. The number of hydrogen-bond acceptors (Lipinski definition) is 3. The molecule has 0 amide bonds. The van der Waals surface area contributed by atoms with Gasteiger partial charge in [-0.1, -0.05) is 19.8 Å². The van der Waals surface area contributed by atoms with Gasteiger partial charge in [-0.3, -0.25) is 0 Å². The molecule has 0 unspecified atom stereocenters. The zero-order chi connectivity index (χ0) is 8.32. The number of carbonyl (C=O) groups excluding carboxylic acids is 1. The van der Waals surface area contributed by atoms with Crippen molar-refractivity contribution < 1.29 is 14.9 Å². The molecule has 1 saturated carbocycles. The summed E-state index contributed by atoms with van der Waals surface area (Å²) in [5.74, 6) is -0.439. The summed E-state index contributed by atoms with van der Waals surface area (Å²) in [6.45, 7) is 2.08. The monoisotopic (exact) mass is 158 g/mol. The molecule has 1 aliphatic rings. The maximum atomic E-state index is 10.9. The van der Waals surface area contributed by atoms with E-state index in [4.69, 9.17) is 5.26 Å². The molecule has 1 aliphatic carbocycles. The van der Waals surface area contributed by atoms with E-state index >= 15 is 0 Å². The molecule has 0 aromatic heterocycles. The van der Waals surface area contributed by atoms with Gasteiger partial charge in [0.15, 0.2) is 0 Å². The standard InChI is InChI=1S/C8H14O3/c1-2-3-4-8(5-6-8)7(9)11-10/h10H,2-6H2,1H3. The summed E-state index contributed by atoms with van der Waals surface area (Å²) in [6.07, 6.45) is 4.75. The highest BCUT2D eigenvalue weighted by Gasteiger charge is 2.50. The van der Waals surface area contributed by atoms with Crippen LogP contribution in [0.5, 0.6) is 0 Å². The lowest BCUT2D eigenvalue weighted by Crippen LogP contribution is -2.17. The van der Waals surface area contributed by atoms with E-state index in [0.717, 1.165) is 32.1 Å². The quantitative estimate of drug-likeness (QED) is 0.502. The first-order valence-corrected chi connectivity index (χ1v) is 4.11. The van der Waals surface area contributed by atoms with Gasteiger partial charge in [0.05, 0.1) is 5.41 Å². The minimum atomic E-state index is -0.439. The van der Waals surface area contributed by atoms with Gasteiger partial charge in [0.2, 0.25) is 0 Å². The van der Waals surface area contributed by atoms with Crippen molar-refractivity contribution >= 4 is 5.97 Å². The van der Waals surface area contributed by atoms with Crippen LogP contribution >= 0.6 is 0 Å². The largest absolute Gasteiger partial charge is 0.348 e. The lowest BCUT2D eigenvalue weighted by molar-refractivity contribution is -0.241. The van der Waals surface area contributed by atoms with Crippen molar-refractivity contribution in [2.24, 2.45) is 5.41 Å². The minimum absolute atomic E-state index is 0.301. The first-order valence-electron chi connectivity index (χ1n) is 4.11. The first-order chi connectivity index (χ1) is 5.25. The third-order valence-corrected chi connectivity index (χ3v) is 2.38. The Morgan fingerprint density at radius 1 is 1.64 bits per heavy atom. The Kier molecular flexibility index (Phi) is 2.49. The van der Waals surface area contributed by atoms with E-state index in [1.54, 1.807) is 0 Å². The Bertz CT molecular complexity index is 149. The molecule has 0 aromatic rings. The fourth-order valence-electron chi connectivity index (χ4n) is 1.32. The molecule has 0 bridgehead atoms. The van der Waals surface area contributed by atoms with Crippen LogP contribution in [-0.2, 0) is 9.68 Å². The zero-order valence-electron chi connectivity index (χ0n) is 6.80. The van der Waals surface area contributed by atoms with Crippen molar-refractivity contribution in [3.05, 3.63) is 0 Å². The van der Waals surface area contributed by atoms with Gasteiger partial charge in [-0.05, 0) is 19.3 Å². The Balaban J connectivity index is 2.34. The molecule has 0 heterocycles. The highest BCUT2D eigenvalue weighted by atomic mass is 17.1. The van der Waals surface area contributed by atoms with Crippen LogP contribution < -0.4 is 0 Å². The topological polar surface area (TPSA) is 46.5 Å². The van der Waals surface area contributed by atoms with Gasteiger partial charge in [-0.25, -0.2) is 4.79 Å². The predicted molar refractivity (Wildman–Crippen MR) is 39.9 cm³/mol. The molecular weight excluding hydrogens is 144 g/mol. The molecule has 0 aliphatic heterocycles. The lowest BCUT2D eigenvalue weighted by atomic mass is 10.00. The summed E-state index contributed by atoms with van der Waals surface area (Å²) in [5, 5.41) is 8.16. The van der Waals surface area contributed by atoms with Crippen LogP contribution in [0.4, 0.5) is 0 Å². The van der Waals surface area contributed by atoms with Crippen molar-refractivity contribution in [3.8, 4) is 0 Å². The molecule has 64 valence electrons. The number of rotatable bonds is 4. The van der Waals surface area contributed by atoms with Crippen molar-refractivity contribution in [2.45, 2.75) is 39.0 Å². The van der Waals surface area contributed by atoms with E-state index in [1.165, 1.54) is 0 Å². The van der Waals surface area contributed by atoms with Crippen molar-refractivity contribution in [2.75, 3.05) is 0 Å². The van der Waals surface area contributed by atoms with E-state index in [-0.39, 0.29) is 5.41 Å². The fourth-order valence-corrected chi connectivity index (χ4v) is 1.32. The second-order valence-corrected chi connectivity index (χ2v) is 3.26. The van der Waals surface area contributed by atoms with E-state index < -0.39 is 5.97 Å². The smallest absolute Gasteiger partial charge is 0.300 e. The highest BCUT2D eigenvalue weighted by molar-refractivity contribution is 5.79. The maximum Gasteiger partial charge on any atom is 0.348 e. The fraction of sp³-hybridized carbons (Fsp3) is 0.875. The van der Waals surface area contributed by atoms with Crippen LogP contribution in [0.3, 0.4) is 0 Å². The van der Waals surface area contributed by atoms with E-state index in [2.05, 4.69) is 11.8 Å². The van der Waals surface area contributed by atoms with E-state index in [1.807, 2.05) is 0 Å². The predicted octanol–water partition coefficient (Wildman–Crippen LogP) is 1.97.